The van der Waals surface area contributed by atoms with Crippen molar-refractivity contribution in [2.24, 2.45) is 0 Å². The summed E-state index contributed by atoms with van der Waals surface area (Å²) >= 11 is 1.67. The number of thiazole rings is 1. The Morgan fingerprint density at radius 2 is 1.57 bits per heavy atom. The predicted molar refractivity (Wildman–Crippen MR) is 118 cm³/mol. The maximum atomic E-state index is 12.5. The molecule has 1 heterocycles. The molecule has 4 heteroatoms. The van der Waals surface area contributed by atoms with Crippen LogP contribution in [0.2, 0.25) is 0 Å². The summed E-state index contributed by atoms with van der Waals surface area (Å²) in [6.07, 6.45) is 0. The third-order valence-electron chi connectivity index (χ3n) is 4.70. The Bertz CT molecular complexity index is 1090. The minimum atomic E-state index is -0.104. The van der Waals surface area contributed by atoms with Crippen LogP contribution in [0.1, 0.15) is 36.7 Å². The Balaban J connectivity index is 1.49. The van der Waals surface area contributed by atoms with Gasteiger partial charge in [-0.05, 0) is 59.5 Å². The van der Waals surface area contributed by atoms with Crippen LogP contribution in [-0.4, -0.2) is 10.9 Å². The number of fused-ring (bicyclic) bond motifs is 1. The molecule has 0 atom stereocenters. The average Bonchev–Trinajstić information content (AvgIpc) is 3.12. The minimum Gasteiger partial charge on any atom is -0.322 e. The van der Waals surface area contributed by atoms with Gasteiger partial charge in [-0.1, -0.05) is 45.0 Å². The Morgan fingerprint density at radius 3 is 2.21 bits per heavy atom. The summed E-state index contributed by atoms with van der Waals surface area (Å²) in [4.78, 5) is 17.2. The SMILES string of the molecule is CC(C)(C)c1ccc(C(=O)Nc2ccc(-c3nc4ccccc4s3)cc2)cc1. The lowest BCUT2D eigenvalue weighted by molar-refractivity contribution is 0.102. The Labute approximate surface area is 169 Å². The molecule has 1 N–H and O–H groups in total. The van der Waals surface area contributed by atoms with Gasteiger partial charge in [0, 0.05) is 16.8 Å². The van der Waals surface area contributed by atoms with Gasteiger partial charge in [0.05, 0.1) is 10.2 Å². The number of para-hydroxylation sites is 1. The van der Waals surface area contributed by atoms with Crippen molar-refractivity contribution in [3.8, 4) is 10.6 Å². The van der Waals surface area contributed by atoms with Gasteiger partial charge in [0.1, 0.15) is 5.01 Å². The molecule has 0 bridgehead atoms. The molecule has 0 aliphatic heterocycles. The molecule has 28 heavy (non-hydrogen) atoms. The number of nitrogens with zero attached hydrogens (tertiary/aromatic N) is 1. The molecule has 4 aromatic rings. The van der Waals surface area contributed by atoms with E-state index in [2.05, 4.69) is 37.1 Å². The van der Waals surface area contributed by atoms with Crippen molar-refractivity contribution < 1.29 is 4.79 Å². The summed E-state index contributed by atoms with van der Waals surface area (Å²) in [5.41, 5.74) is 4.78. The normalized spacial score (nSPS) is 11.5. The summed E-state index contributed by atoms with van der Waals surface area (Å²) in [6, 6.07) is 23.8. The zero-order valence-electron chi connectivity index (χ0n) is 16.2. The second-order valence-corrected chi connectivity index (χ2v) is 8.88. The number of amides is 1. The number of benzene rings is 3. The lowest BCUT2D eigenvalue weighted by Gasteiger charge is -2.19. The highest BCUT2D eigenvalue weighted by molar-refractivity contribution is 7.21. The van der Waals surface area contributed by atoms with Gasteiger partial charge < -0.3 is 5.32 Å². The number of carbonyl (C=O) groups excluding carboxylic acids is 1. The van der Waals surface area contributed by atoms with Crippen LogP contribution in [0.5, 0.6) is 0 Å². The van der Waals surface area contributed by atoms with Crippen molar-refractivity contribution in [2.45, 2.75) is 26.2 Å². The summed E-state index contributed by atoms with van der Waals surface area (Å²) in [7, 11) is 0. The second-order valence-electron chi connectivity index (χ2n) is 7.85. The fraction of sp³-hybridized carbons (Fsp3) is 0.167. The molecular weight excluding hydrogens is 364 g/mol. The van der Waals surface area contributed by atoms with Crippen LogP contribution in [0.3, 0.4) is 0 Å². The first-order chi connectivity index (χ1) is 13.4. The highest BCUT2D eigenvalue weighted by Crippen LogP contribution is 2.30. The van der Waals surface area contributed by atoms with Crippen LogP contribution < -0.4 is 5.32 Å². The van der Waals surface area contributed by atoms with Gasteiger partial charge >= 0.3 is 0 Å². The van der Waals surface area contributed by atoms with Crippen molar-refractivity contribution in [3.63, 3.8) is 0 Å². The fourth-order valence-electron chi connectivity index (χ4n) is 3.02. The number of anilines is 1. The highest BCUT2D eigenvalue weighted by atomic mass is 32.1. The molecule has 0 radical (unpaired) electrons. The van der Waals surface area contributed by atoms with Crippen molar-refractivity contribution >= 4 is 33.1 Å². The molecule has 1 amide bonds. The molecule has 0 spiro atoms. The van der Waals surface area contributed by atoms with Crippen molar-refractivity contribution in [1.29, 1.82) is 0 Å². The third-order valence-corrected chi connectivity index (χ3v) is 5.78. The molecule has 4 rings (SSSR count). The zero-order valence-corrected chi connectivity index (χ0v) is 17.0. The summed E-state index contributed by atoms with van der Waals surface area (Å²) < 4.78 is 1.17. The molecule has 0 unspecified atom stereocenters. The van der Waals surface area contributed by atoms with Gasteiger partial charge in [0.25, 0.3) is 5.91 Å². The molecule has 0 saturated carbocycles. The van der Waals surface area contributed by atoms with E-state index in [1.165, 1.54) is 10.3 Å². The number of carbonyl (C=O) groups is 1. The number of aromatic nitrogens is 1. The summed E-state index contributed by atoms with van der Waals surface area (Å²) in [6.45, 7) is 6.49. The van der Waals surface area contributed by atoms with Gasteiger partial charge in [-0.2, -0.15) is 0 Å². The smallest absolute Gasteiger partial charge is 0.255 e. The van der Waals surface area contributed by atoms with Gasteiger partial charge in [-0.25, -0.2) is 4.98 Å². The standard InChI is InChI=1S/C24H22N2OS/c1-24(2,3)18-12-8-16(9-13-18)22(27)25-19-14-10-17(11-15-19)23-26-20-6-4-5-7-21(20)28-23/h4-15H,1-3H3,(H,25,27). The summed E-state index contributed by atoms with van der Waals surface area (Å²) in [5, 5.41) is 3.95. The molecule has 3 aromatic carbocycles. The molecule has 0 fully saturated rings. The van der Waals surface area contributed by atoms with E-state index in [-0.39, 0.29) is 11.3 Å². The monoisotopic (exact) mass is 386 g/mol. The Hall–Kier alpha value is -2.98. The highest BCUT2D eigenvalue weighted by Gasteiger charge is 2.14. The van der Waals surface area contributed by atoms with E-state index in [1.54, 1.807) is 11.3 Å². The van der Waals surface area contributed by atoms with E-state index in [4.69, 9.17) is 0 Å². The van der Waals surface area contributed by atoms with E-state index >= 15 is 0 Å². The molecule has 3 nitrogen and oxygen atoms in total. The minimum absolute atomic E-state index is 0.0749. The van der Waals surface area contributed by atoms with Gasteiger partial charge in [0.2, 0.25) is 0 Å². The maximum absolute atomic E-state index is 12.5. The maximum Gasteiger partial charge on any atom is 0.255 e. The van der Waals surface area contributed by atoms with Crippen molar-refractivity contribution in [2.75, 3.05) is 5.32 Å². The Morgan fingerprint density at radius 1 is 0.893 bits per heavy atom. The number of hydrogen-bond donors (Lipinski definition) is 1. The first-order valence-electron chi connectivity index (χ1n) is 9.28. The quantitative estimate of drug-likeness (QED) is 0.436. The fourth-order valence-corrected chi connectivity index (χ4v) is 3.99. The van der Waals surface area contributed by atoms with E-state index in [0.717, 1.165) is 21.8 Å². The van der Waals surface area contributed by atoms with Gasteiger partial charge in [-0.3, -0.25) is 4.79 Å². The number of hydrogen-bond acceptors (Lipinski definition) is 3. The van der Waals surface area contributed by atoms with E-state index in [1.807, 2.05) is 66.7 Å². The van der Waals surface area contributed by atoms with Crippen LogP contribution in [-0.2, 0) is 5.41 Å². The first kappa shape index (κ1) is 18.4. The first-order valence-corrected chi connectivity index (χ1v) is 10.1. The molecular formula is C24H22N2OS. The van der Waals surface area contributed by atoms with Crippen LogP contribution in [0.25, 0.3) is 20.8 Å². The molecule has 0 saturated heterocycles. The zero-order chi connectivity index (χ0) is 19.7. The van der Waals surface area contributed by atoms with E-state index in [9.17, 15) is 4.79 Å². The molecule has 140 valence electrons. The van der Waals surface area contributed by atoms with Crippen molar-refractivity contribution in [1.82, 2.24) is 4.98 Å². The predicted octanol–water partition coefficient (Wildman–Crippen LogP) is 6.51. The van der Waals surface area contributed by atoms with Crippen LogP contribution in [0.4, 0.5) is 5.69 Å². The Kier molecular flexibility index (Phi) is 4.73. The van der Waals surface area contributed by atoms with Crippen LogP contribution in [0, 0.1) is 0 Å². The average molecular weight is 387 g/mol. The second kappa shape index (κ2) is 7.21. The summed E-state index contributed by atoms with van der Waals surface area (Å²) in [5.74, 6) is -0.104. The van der Waals surface area contributed by atoms with Gasteiger partial charge in [-0.15, -0.1) is 11.3 Å². The number of nitrogens with one attached hydrogen (secondary N) is 1. The van der Waals surface area contributed by atoms with E-state index < -0.39 is 0 Å². The van der Waals surface area contributed by atoms with Gasteiger partial charge in [0.15, 0.2) is 0 Å². The topological polar surface area (TPSA) is 42.0 Å². The van der Waals surface area contributed by atoms with Crippen LogP contribution in [0.15, 0.2) is 72.8 Å². The number of rotatable bonds is 3. The third kappa shape index (κ3) is 3.82. The molecule has 1 aromatic heterocycles. The van der Waals surface area contributed by atoms with Crippen LogP contribution >= 0.6 is 11.3 Å². The largest absolute Gasteiger partial charge is 0.322 e. The molecule has 0 aliphatic rings. The van der Waals surface area contributed by atoms with E-state index in [0.29, 0.717) is 5.56 Å². The lowest BCUT2D eigenvalue weighted by Crippen LogP contribution is -2.14. The lowest BCUT2D eigenvalue weighted by atomic mass is 9.87. The molecule has 0 aliphatic carbocycles. The van der Waals surface area contributed by atoms with Crippen molar-refractivity contribution in [3.05, 3.63) is 83.9 Å².